The average molecular weight is 415 g/mol. The van der Waals surface area contributed by atoms with E-state index in [0.717, 1.165) is 27.7 Å². The van der Waals surface area contributed by atoms with Gasteiger partial charge in [-0.25, -0.2) is 4.98 Å². The van der Waals surface area contributed by atoms with Gasteiger partial charge in [0.25, 0.3) is 0 Å². The minimum Gasteiger partial charge on any atom is -0.496 e. The van der Waals surface area contributed by atoms with E-state index < -0.39 is 0 Å². The van der Waals surface area contributed by atoms with Crippen molar-refractivity contribution in [2.24, 2.45) is 5.10 Å². The Hall–Kier alpha value is -2.12. The van der Waals surface area contributed by atoms with E-state index in [0.29, 0.717) is 11.2 Å². The molecule has 1 aliphatic rings. The standard InChI is InChI=1S/C21H26N4OS2/c1-26-19-11-10-16(13-17(19)15-28-20-9-5-6-12-22-20)14-23-25-21(27)24-18-7-3-2-4-8-18/h5-6,9-14,18H,2-4,7-8,15H2,1H3,(H2,24,25,27). The molecule has 0 saturated heterocycles. The zero-order valence-corrected chi connectivity index (χ0v) is 17.7. The first-order valence-corrected chi connectivity index (χ1v) is 10.9. The number of ether oxygens (including phenoxy) is 1. The second-order valence-corrected chi connectivity index (χ2v) is 8.11. The number of hydrogen-bond donors (Lipinski definition) is 2. The van der Waals surface area contributed by atoms with E-state index in [-0.39, 0.29) is 0 Å². The van der Waals surface area contributed by atoms with Crippen molar-refractivity contribution in [2.75, 3.05) is 7.11 Å². The van der Waals surface area contributed by atoms with E-state index in [1.54, 1.807) is 31.3 Å². The fourth-order valence-corrected chi connectivity index (χ4v) is 4.26. The second-order valence-electron chi connectivity index (χ2n) is 6.71. The van der Waals surface area contributed by atoms with E-state index >= 15 is 0 Å². The number of rotatable bonds is 7. The first kappa shape index (κ1) is 20.6. The van der Waals surface area contributed by atoms with Crippen LogP contribution in [0.4, 0.5) is 0 Å². The SMILES string of the molecule is COc1ccc(C=NNC(=S)NC2CCCCC2)cc1CSc1ccccn1. The Morgan fingerprint density at radius 2 is 2.14 bits per heavy atom. The van der Waals surface area contributed by atoms with Crippen LogP contribution in [0.3, 0.4) is 0 Å². The minimum absolute atomic E-state index is 0.472. The highest BCUT2D eigenvalue weighted by atomic mass is 32.2. The van der Waals surface area contributed by atoms with Gasteiger partial charge in [0.15, 0.2) is 5.11 Å². The smallest absolute Gasteiger partial charge is 0.187 e. The predicted molar refractivity (Wildman–Crippen MR) is 120 cm³/mol. The summed E-state index contributed by atoms with van der Waals surface area (Å²) in [5.41, 5.74) is 5.02. The molecule has 2 N–H and O–H groups in total. The third kappa shape index (κ3) is 6.49. The summed E-state index contributed by atoms with van der Waals surface area (Å²) in [4.78, 5) is 4.35. The molecule has 0 unspecified atom stereocenters. The largest absolute Gasteiger partial charge is 0.496 e. The van der Waals surface area contributed by atoms with Crippen LogP contribution in [0.15, 0.2) is 52.7 Å². The Kier molecular flexibility index (Phi) is 8.11. The fourth-order valence-electron chi connectivity index (χ4n) is 3.21. The van der Waals surface area contributed by atoms with Crippen LogP contribution in [0.5, 0.6) is 5.75 Å². The maximum absolute atomic E-state index is 5.49. The monoisotopic (exact) mass is 414 g/mol. The Balaban J connectivity index is 1.55. The summed E-state index contributed by atoms with van der Waals surface area (Å²) < 4.78 is 5.49. The summed E-state index contributed by atoms with van der Waals surface area (Å²) in [6.45, 7) is 0. The van der Waals surface area contributed by atoms with Gasteiger partial charge in [0.2, 0.25) is 0 Å². The van der Waals surface area contributed by atoms with Crippen LogP contribution < -0.4 is 15.5 Å². The molecule has 1 aromatic heterocycles. The van der Waals surface area contributed by atoms with Gasteiger partial charge in [0.1, 0.15) is 5.75 Å². The van der Waals surface area contributed by atoms with Gasteiger partial charge in [-0.15, -0.1) is 11.8 Å². The Bertz CT molecular complexity index is 792. The quantitative estimate of drug-likeness (QED) is 0.301. The number of aromatic nitrogens is 1. The molecule has 0 bridgehead atoms. The highest BCUT2D eigenvalue weighted by Gasteiger charge is 2.13. The third-order valence-corrected chi connectivity index (χ3v) is 5.84. The third-order valence-electron chi connectivity index (χ3n) is 4.64. The summed E-state index contributed by atoms with van der Waals surface area (Å²) in [5, 5.41) is 9.21. The molecule has 7 heteroatoms. The van der Waals surface area contributed by atoms with Crippen molar-refractivity contribution in [2.45, 2.75) is 48.9 Å². The molecule has 0 atom stereocenters. The van der Waals surface area contributed by atoms with Crippen LogP contribution >= 0.6 is 24.0 Å². The molecule has 148 valence electrons. The Morgan fingerprint density at radius 3 is 2.89 bits per heavy atom. The lowest BCUT2D eigenvalue weighted by molar-refractivity contribution is 0.411. The van der Waals surface area contributed by atoms with E-state index in [9.17, 15) is 0 Å². The van der Waals surface area contributed by atoms with Crippen molar-refractivity contribution in [1.29, 1.82) is 0 Å². The molecule has 0 amide bonds. The zero-order chi connectivity index (χ0) is 19.6. The van der Waals surface area contributed by atoms with E-state index in [1.807, 2.05) is 30.3 Å². The van der Waals surface area contributed by atoms with Crippen LogP contribution in [-0.2, 0) is 5.75 Å². The van der Waals surface area contributed by atoms with Crippen LogP contribution in [0.2, 0.25) is 0 Å². The minimum atomic E-state index is 0.472. The number of hydrazone groups is 1. The van der Waals surface area contributed by atoms with Crippen LogP contribution in [-0.4, -0.2) is 29.5 Å². The number of benzene rings is 1. The summed E-state index contributed by atoms with van der Waals surface area (Å²) in [7, 11) is 1.69. The highest BCUT2D eigenvalue weighted by molar-refractivity contribution is 7.98. The number of nitrogens with one attached hydrogen (secondary N) is 2. The molecular weight excluding hydrogens is 388 g/mol. The van der Waals surface area contributed by atoms with Crippen LogP contribution in [0.1, 0.15) is 43.2 Å². The Labute approximate surface area is 176 Å². The molecule has 0 radical (unpaired) electrons. The number of thioether (sulfide) groups is 1. The number of hydrogen-bond acceptors (Lipinski definition) is 5. The molecule has 1 saturated carbocycles. The van der Waals surface area contributed by atoms with Crippen molar-refractivity contribution in [3.63, 3.8) is 0 Å². The normalized spacial score (nSPS) is 14.8. The van der Waals surface area contributed by atoms with E-state index in [2.05, 4.69) is 26.9 Å². The zero-order valence-electron chi connectivity index (χ0n) is 16.1. The second kappa shape index (κ2) is 11.0. The maximum atomic E-state index is 5.49. The molecule has 3 rings (SSSR count). The van der Waals surface area contributed by atoms with Crippen LogP contribution in [0.25, 0.3) is 0 Å². The summed E-state index contributed by atoms with van der Waals surface area (Å²) >= 11 is 7.02. The lowest BCUT2D eigenvalue weighted by atomic mass is 9.96. The Morgan fingerprint density at radius 1 is 1.29 bits per heavy atom. The predicted octanol–water partition coefficient (Wildman–Crippen LogP) is 4.51. The first-order valence-electron chi connectivity index (χ1n) is 9.55. The van der Waals surface area contributed by atoms with E-state index in [1.165, 1.54) is 32.1 Å². The van der Waals surface area contributed by atoms with Crippen molar-refractivity contribution in [3.05, 3.63) is 53.7 Å². The summed E-state index contributed by atoms with van der Waals surface area (Å²) in [6, 6.07) is 12.4. The molecule has 28 heavy (non-hydrogen) atoms. The maximum Gasteiger partial charge on any atom is 0.187 e. The molecule has 1 fully saturated rings. The van der Waals surface area contributed by atoms with Crippen molar-refractivity contribution in [1.82, 2.24) is 15.7 Å². The van der Waals surface area contributed by atoms with E-state index in [4.69, 9.17) is 17.0 Å². The van der Waals surface area contributed by atoms with Gasteiger partial charge in [0, 0.05) is 23.6 Å². The number of methoxy groups -OCH3 is 1. The number of thiocarbonyl (C=S) groups is 1. The van der Waals surface area contributed by atoms with Crippen molar-refractivity contribution in [3.8, 4) is 5.75 Å². The lowest BCUT2D eigenvalue weighted by Crippen LogP contribution is -2.40. The van der Waals surface area contributed by atoms with Gasteiger partial charge < -0.3 is 10.1 Å². The lowest BCUT2D eigenvalue weighted by Gasteiger charge is -2.23. The van der Waals surface area contributed by atoms with Gasteiger partial charge >= 0.3 is 0 Å². The fraction of sp³-hybridized carbons (Fsp3) is 0.381. The molecule has 5 nitrogen and oxygen atoms in total. The average Bonchev–Trinajstić information content (AvgIpc) is 2.74. The van der Waals surface area contributed by atoms with Gasteiger partial charge in [-0.1, -0.05) is 25.3 Å². The number of pyridine rings is 1. The molecule has 0 aliphatic heterocycles. The molecular formula is C21H26N4OS2. The van der Waals surface area contributed by atoms with Crippen LogP contribution in [0, 0.1) is 0 Å². The number of nitrogens with zero attached hydrogens (tertiary/aromatic N) is 2. The molecule has 1 aliphatic carbocycles. The first-order chi connectivity index (χ1) is 13.7. The van der Waals surface area contributed by atoms with Gasteiger partial charge in [-0.05, 0) is 61.0 Å². The van der Waals surface area contributed by atoms with Gasteiger partial charge in [-0.2, -0.15) is 5.10 Å². The molecule has 1 aromatic carbocycles. The molecule has 1 heterocycles. The van der Waals surface area contributed by atoms with Crippen molar-refractivity contribution < 1.29 is 4.74 Å². The van der Waals surface area contributed by atoms with Gasteiger partial charge in [0.05, 0.1) is 18.4 Å². The summed E-state index contributed by atoms with van der Waals surface area (Å²) in [6.07, 6.45) is 9.82. The highest BCUT2D eigenvalue weighted by Crippen LogP contribution is 2.27. The van der Waals surface area contributed by atoms with Crippen molar-refractivity contribution >= 4 is 35.3 Å². The molecule has 0 spiro atoms. The molecule has 2 aromatic rings. The summed E-state index contributed by atoms with van der Waals surface area (Å²) in [5.74, 6) is 1.64. The van der Waals surface area contributed by atoms with Gasteiger partial charge in [-0.3, -0.25) is 5.43 Å². The topological polar surface area (TPSA) is 58.5 Å².